The third-order valence-electron chi connectivity index (χ3n) is 6.31. The van der Waals surface area contributed by atoms with Crippen LogP contribution in [0.4, 0.5) is 11.4 Å². The first-order chi connectivity index (χ1) is 17.9. The molecule has 4 aromatic rings. The highest BCUT2D eigenvalue weighted by Gasteiger charge is 2.29. The van der Waals surface area contributed by atoms with Crippen molar-refractivity contribution in [2.75, 3.05) is 0 Å². The molecular weight excluding hydrogens is 484 g/mol. The molecular formula is C29H30N4O5. The van der Waals surface area contributed by atoms with Crippen molar-refractivity contribution < 1.29 is 19.7 Å². The van der Waals surface area contributed by atoms with Crippen LogP contribution in [-0.2, 0) is 4.79 Å². The molecule has 38 heavy (non-hydrogen) atoms. The van der Waals surface area contributed by atoms with E-state index in [4.69, 9.17) is 4.74 Å². The quantitative estimate of drug-likeness (QED) is 0.245. The zero-order chi connectivity index (χ0) is 27.8. The highest BCUT2D eigenvalue weighted by Crippen LogP contribution is 2.40. The van der Waals surface area contributed by atoms with Crippen LogP contribution >= 0.6 is 0 Å². The van der Waals surface area contributed by atoms with Crippen LogP contribution in [0.1, 0.15) is 36.2 Å². The van der Waals surface area contributed by atoms with Gasteiger partial charge in [-0.15, -0.1) is 10.2 Å². The summed E-state index contributed by atoms with van der Waals surface area (Å²) in [6.07, 6.45) is 0. The second kappa shape index (κ2) is 10.0. The summed E-state index contributed by atoms with van der Waals surface area (Å²) in [4.78, 5) is 24.6. The van der Waals surface area contributed by atoms with Gasteiger partial charge in [-0.2, -0.15) is 0 Å². The van der Waals surface area contributed by atoms with Crippen molar-refractivity contribution >= 4 is 17.3 Å². The lowest BCUT2D eigenvalue weighted by atomic mass is 10.0. The fraction of sp³-hybridized carbons (Fsp3) is 0.241. The van der Waals surface area contributed by atoms with Gasteiger partial charge in [-0.25, -0.2) is 9.48 Å². The summed E-state index contributed by atoms with van der Waals surface area (Å²) >= 11 is 0. The van der Waals surface area contributed by atoms with Crippen LogP contribution in [0.2, 0.25) is 0 Å². The van der Waals surface area contributed by atoms with Crippen molar-refractivity contribution in [3.05, 3.63) is 87.3 Å². The molecule has 1 heterocycles. The number of ether oxygens (including phenoxy) is 1. The smallest absolute Gasteiger partial charge is 0.347 e. The minimum Gasteiger partial charge on any atom is -0.505 e. The molecule has 0 aliphatic heterocycles. The van der Waals surface area contributed by atoms with Gasteiger partial charge in [0, 0.05) is 5.56 Å². The molecule has 4 rings (SSSR count). The number of phenolic OH excluding ortho intramolecular Hbond substituents is 1. The summed E-state index contributed by atoms with van der Waals surface area (Å²) in [6.45, 7) is 10.5. The number of aromatic nitrogens is 2. The summed E-state index contributed by atoms with van der Waals surface area (Å²) in [7, 11) is 0. The molecule has 0 fully saturated rings. The number of aliphatic carboxylic acids is 1. The molecule has 3 aromatic carbocycles. The Hall–Kier alpha value is -4.66. The van der Waals surface area contributed by atoms with Crippen LogP contribution in [-0.4, -0.2) is 31.6 Å². The molecule has 0 aliphatic rings. The zero-order valence-electron chi connectivity index (χ0n) is 22.2. The monoisotopic (exact) mass is 514 g/mol. The van der Waals surface area contributed by atoms with Crippen LogP contribution < -0.4 is 10.3 Å². The first-order valence-corrected chi connectivity index (χ1v) is 12.0. The van der Waals surface area contributed by atoms with Gasteiger partial charge >= 0.3 is 5.97 Å². The van der Waals surface area contributed by atoms with Crippen molar-refractivity contribution in [3.8, 4) is 28.3 Å². The van der Waals surface area contributed by atoms with E-state index < -0.39 is 11.6 Å². The summed E-state index contributed by atoms with van der Waals surface area (Å²) in [5.41, 5.74) is 3.84. The average molecular weight is 515 g/mol. The van der Waals surface area contributed by atoms with Gasteiger partial charge < -0.3 is 14.9 Å². The predicted octanol–water partition coefficient (Wildman–Crippen LogP) is 6.43. The molecule has 0 radical (unpaired) electrons. The number of benzene rings is 3. The summed E-state index contributed by atoms with van der Waals surface area (Å²) in [5.74, 6) is -0.883. The number of nitrogens with zero attached hydrogens (tertiary/aromatic N) is 3. The molecule has 0 saturated carbocycles. The van der Waals surface area contributed by atoms with E-state index in [0.29, 0.717) is 28.3 Å². The maximum Gasteiger partial charge on any atom is 0.347 e. The fourth-order valence-corrected chi connectivity index (χ4v) is 3.93. The highest BCUT2D eigenvalue weighted by atomic mass is 16.5. The average Bonchev–Trinajstić information content (AvgIpc) is 3.14. The standard InChI is InChI=1S/C29H30N4O5/c1-16-12-23(20-8-7-9-22(15-20)38-29(5,6)28(36)37)26(34)24(13-16)30-31-25-19(4)32-33(27(25)35)21-11-10-17(2)18(3)14-21/h7-15,32,34H,1-6H3,(H,36,37). The molecule has 1 aromatic heterocycles. The molecule has 0 atom stereocenters. The van der Waals surface area contributed by atoms with Crippen molar-refractivity contribution in [1.82, 2.24) is 9.78 Å². The maximum atomic E-state index is 13.1. The van der Waals surface area contributed by atoms with E-state index in [0.717, 1.165) is 16.7 Å². The van der Waals surface area contributed by atoms with Crippen molar-refractivity contribution in [3.63, 3.8) is 0 Å². The molecule has 0 saturated heterocycles. The highest BCUT2D eigenvalue weighted by molar-refractivity contribution is 5.79. The first-order valence-electron chi connectivity index (χ1n) is 12.0. The number of carboxylic acids is 1. The minimum atomic E-state index is -1.43. The Morgan fingerprint density at radius 1 is 0.974 bits per heavy atom. The Kier molecular flexibility index (Phi) is 6.95. The van der Waals surface area contributed by atoms with E-state index in [1.54, 1.807) is 43.3 Å². The van der Waals surface area contributed by atoms with Crippen LogP contribution in [0.5, 0.6) is 11.5 Å². The van der Waals surface area contributed by atoms with E-state index in [1.165, 1.54) is 18.5 Å². The van der Waals surface area contributed by atoms with Gasteiger partial charge in [-0.3, -0.25) is 9.89 Å². The number of aryl methyl sites for hydroxylation is 4. The number of phenols is 1. The van der Waals surface area contributed by atoms with Crippen molar-refractivity contribution in [1.29, 1.82) is 0 Å². The Balaban J connectivity index is 1.70. The Morgan fingerprint density at radius 2 is 1.71 bits per heavy atom. The second-order valence-corrected chi connectivity index (χ2v) is 9.82. The number of aromatic hydroxyl groups is 1. The lowest BCUT2D eigenvalue weighted by Gasteiger charge is -2.22. The zero-order valence-corrected chi connectivity index (χ0v) is 22.2. The van der Waals surface area contributed by atoms with E-state index in [2.05, 4.69) is 15.3 Å². The number of H-pyrrole nitrogens is 1. The van der Waals surface area contributed by atoms with E-state index in [-0.39, 0.29) is 22.7 Å². The molecule has 3 N–H and O–H groups in total. The predicted molar refractivity (Wildman–Crippen MR) is 145 cm³/mol. The summed E-state index contributed by atoms with van der Waals surface area (Å²) in [6, 6.07) is 16.0. The number of aromatic amines is 1. The van der Waals surface area contributed by atoms with Gasteiger partial charge in [0.25, 0.3) is 5.56 Å². The van der Waals surface area contributed by atoms with Crippen LogP contribution in [0.25, 0.3) is 16.8 Å². The molecule has 0 amide bonds. The van der Waals surface area contributed by atoms with Gasteiger partial charge in [-0.1, -0.05) is 18.2 Å². The second-order valence-electron chi connectivity index (χ2n) is 9.82. The molecule has 9 nitrogen and oxygen atoms in total. The largest absolute Gasteiger partial charge is 0.505 e. The Labute approximate surface area is 220 Å². The third kappa shape index (κ3) is 5.22. The van der Waals surface area contributed by atoms with Crippen molar-refractivity contribution in [2.45, 2.75) is 47.1 Å². The number of hydrogen-bond donors (Lipinski definition) is 3. The number of azo groups is 1. The number of carboxylic acid groups (broad SMARTS) is 1. The minimum absolute atomic E-state index is 0.128. The summed E-state index contributed by atoms with van der Waals surface area (Å²) in [5, 5.41) is 31.9. The molecule has 9 heteroatoms. The topological polar surface area (TPSA) is 129 Å². The SMILES string of the molecule is Cc1cc(N=Nc2c(C)[nH]n(-c3ccc(C)c(C)c3)c2=O)c(O)c(-c2cccc(OC(C)(C)C(=O)O)c2)c1. The number of rotatable bonds is 7. The lowest BCUT2D eigenvalue weighted by molar-refractivity contribution is -0.152. The van der Waals surface area contributed by atoms with Gasteiger partial charge in [0.05, 0.1) is 11.4 Å². The third-order valence-corrected chi connectivity index (χ3v) is 6.31. The van der Waals surface area contributed by atoms with Gasteiger partial charge in [0.1, 0.15) is 11.4 Å². The van der Waals surface area contributed by atoms with Gasteiger partial charge in [-0.05, 0) is 100 Å². The first kappa shape index (κ1) is 26.4. The molecule has 0 bridgehead atoms. The number of hydrogen-bond acceptors (Lipinski definition) is 6. The van der Waals surface area contributed by atoms with E-state index in [1.807, 2.05) is 39.0 Å². The van der Waals surface area contributed by atoms with E-state index >= 15 is 0 Å². The van der Waals surface area contributed by atoms with Crippen LogP contribution in [0.3, 0.4) is 0 Å². The lowest BCUT2D eigenvalue weighted by Crippen LogP contribution is -2.37. The Morgan fingerprint density at radius 3 is 2.39 bits per heavy atom. The van der Waals surface area contributed by atoms with Crippen LogP contribution in [0, 0.1) is 27.7 Å². The molecule has 0 unspecified atom stereocenters. The number of carbonyl (C=O) groups is 1. The molecule has 0 aliphatic carbocycles. The summed E-state index contributed by atoms with van der Waals surface area (Å²) < 4.78 is 7.06. The fourth-order valence-electron chi connectivity index (χ4n) is 3.93. The Bertz CT molecular complexity index is 1630. The van der Waals surface area contributed by atoms with Gasteiger partial charge in [0.2, 0.25) is 0 Å². The maximum absolute atomic E-state index is 13.1. The van der Waals surface area contributed by atoms with Crippen molar-refractivity contribution in [2.24, 2.45) is 10.2 Å². The molecule has 196 valence electrons. The van der Waals surface area contributed by atoms with E-state index in [9.17, 15) is 19.8 Å². The van der Waals surface area contributed by atoms with Gasteiger partial charge in [0.15, 0.2) is 17.0 Å². The molecule has 0 spiro atoms. The van der Waals surface area contributed by atoms with Crippen LogP contribution in [0.15, 0.2) is 69.6 Å². The normalized spacial score (nSPS) is 11.7. The number of nitrogens with one attached hydrogen (secondary N) is 1.